The van der Waals surface area contributed by atoms with Crippen molar-refractivity contribution in [2.75, 3.05) is 6.61 Å². The lowest BCUT2D eigenvalue weighted by Crippen LogP contribution is -2.60. The summed E-state index contributed by atoms with van der Waals surface area (Å²) in [6.07, 6.45) is -3.88. The van der Waals surface area contributed by atoms with Gasteiger partial charge in [-0.05, 0) is 11.5 Å². The average Bonchev–Trinajstić information content (AvgIpc) is 2.70. The Bertz CT molecular complexity index is 871. The maximum absolute atomic E-state index is 12.7. The molecule has 33 heavy (non-hydrogen) atoms. The number of carbonyl (C=O) groups excluding carboxylic acids is 2. The van der Waals surface area contributed by atoms with Crippen LogP contribution >= 0.6 is 0 Å². The first-order chi connectivity index (χ1) is 15.6. The third-order valence-electron chi connectivity index (χ3n) is 5.42. The van der Waals surface area contributed by atoms with Crippen molar-refractivity contribution >= 4 is 29.8 Å². The molecular weight excluding hydrogens is 438 g/mol. The molecule has 0 unspecified atom stereocenters. The summed E-state index contributed by atoms with van der Waals surface area (Å²) in [5.41, 5.74) is 0.686. The van der Waals surface area contributed by atoms with E-state index in [1.165, 1.54) is 0 Å². The maximum Gasteiger partial charge on any atom is 0.306 e. The molecule has 1 heterocycles. The normalized spacial score (nSPS) is 24.5. The Kier molecular flexibility index (Phi) is 9.34. The van der Waals surface area contributed by atoms with Gasteiger partial charge in [-0.25, -0.2) is 0 Å². The minimum atomic E-state index is -1.25. The minimum absolute atomic E-state index is 0.0442. The molecule has 11 nitrogen and oxygen atoms in total. The zero-order valence-electron chi connectivity index (χ0n) is 18.0. The van der Waals surface area contributed by atoms with Crippen LogP contribution in [0.2, 0.25) is 0 Å². The number of hydrogen-bond acceptors (Lipinski definition) is 7. The molecule has 5 atom stereocenters. The average molecular weight is 465 g/mol. The number of carboxylic acid groups (broad SMARTS) is 3. The molecule has 0 spiro atoms. The molecule has 1 amide bonds. The molecule has 1 aromatic rings. The molecule has 2 rings (SSSR count). The molecule has 4 N–H and O–H groups in total. The van der Waals surface area contributed by atoms with Gasteiger partial charge in [-0.3, -0.25) is 24.0 Å². The monoisotopic (exact) mass is 465 g/mol. The first-order valence-electron chi connectivity index (χ1n) is 10.3. The Hall–Kier alpha value is -3.47. The molecule has 1 aromatic carbocycles. The van der Waals surface area contributed by atoms with E-state index in [1.807, 2.05) is 0 Å². The smallest absolute Gasteiger partial charge is 0.306 e. The lowest BCUT2D eigenvalue weighted by Gasteiger charge is -2.46. The highest BCUT2D eigenvalue weighted by atomic mass is 16.6. The number of carboxylic acids is 3. The third kappa shape index (κ3) is 8.19. The number of rotatable bonds is 11. The Morgan fingerprint density at radius 2 is 1.45 bits per heavy atom. The number of hydrogen-bond donors (Lipinski definition) is 4. The second-order valence-corrected chi connectivity index (χ2v) is 7.89. The fourth-order valence-corrected chi connectivity index (χ4v) is 4.12. The summed E-state index contributed by atoms with van der Waals surface area (Å²) in [5.74, 6) is -6.82. The molecule has 0 saturated carbocycles. The molecular formula is C22H27NO10. The van der Waals surface area contributed by atoms with E-state index in [0.717, 1.165) is 6.92 Å². The third-order valence-corrected chi connectivity index (χ3v) is 5.42. The van der Waals surface area contributed by atoms with Crippen molar-refractivity contribution < 1.29 is 48.8 Å². The van der Waals surface area contributed by atoms with Gasteiger partial charge >= 0.3 is 23.9 Å². The van der Waals surface area contributed by atoms with E-state index in [1.54, 1.807) is 30.3 Å². The van der Waals surface area contributed by atoms with Gasteiger partial charge in [0.15, 0.2) is 0 Å². The number of esters is 1. The number of aliphatic carboxylic acids is 3. The van der Waals surface area contributed by atoms with E-state index in [0.29, 0.717) is 5.56 Å². The van der Waals surface area contributed by atoms with Crippen LogP contribution in [0.25, 0.3) is 0 Å². The Labute approximate surface area is 189 Å². The highest BCUT2D eigenvalue weighted by Gasteiger charge is 2.48. The Morgan fingerprint density at radius 1 is 0.879 bits per heavy atom. The highest BCUT2D eigenvalue weighted by Crippen LogP contribution is 2.37. The van der Waals surface area contributed by atoms with Gasteiger partial charge in [0, 0.05) is 12.8 Å². The summed E-state index contributed by atoms with van der Waals surface area (Å²) in [6, 6.07) is 7.64. The van der Waals surface area contributed by atoms with Crippen LogP contribution in [0.5, 0.6) is 0 Å². The van der Waals surface area contributed by atoms with Crippen LogP contribution in [-0.2, 0) is 39.9 Å². The van der Waals surface area contributed by atoms with Crippen molar-refractivity contribution in [2.45, 2.75) is 50.9 Å². The fourth-order valence-electron chi connectivity index (χ4n) is 4.12. The number of ether oxygens (including phenoxy) is 2. The van der Waals surface area contributed by atoms with Crippen LogP contribution in [0.1, 0.15) is 31.7 Å². The largest absolute Gasteiger partial charge is 0.481 e. The Balaban J connectivity index is 2.37. The van der Waals surface area contributed by atoms with Gasteiger partial charge in [0.2, 0.25) is 5.91 Å². The summed E-state index contributed by atoms with van der Waals surface area (Å²) in [7, 11) is 0. The molecule has 1 saturated heterocycles. The summed E-state index contributed by atoms with van der Waals surface area (Å²) in [4.78, 5) is 58.6. The van der Waals surface area contributed by atoms with Crippen LogP contribution in [-0.4, -0.2) is 70.0 Å². The predicted octanol–water partition coefficient (Wildman–Crippen LogP) is 0.701. The quantitative estimate of drug-likeness (QED) is 0.340. The molecule has 0 bridgehead atoms. The fraction of sp³-hybridized carbons (Fsp3) is 0.500. The zero-order valence-corrected chi connectivity index (χ0v) is 18.0. The van der Waals surface area contributed by atoms with Crippen molar-refractivity contribution in [2.24, 2.45) is 11.8 Å². The first-order valence-corrected chi connectivity index (χ1v) is 10.3. The SMILES string of the molecule is CC(=O)OC[C@@H]1O[C@@H](CC(=O)O)[C@H](NC(=O)Cc2ccccc2)[C@H](CC(=O)O)[C@@H]1CC(=O)O. The van der Waals surface area contributed by atoms with E-state index < -0.39 is 79.1 Å². The number of amides is 1. The van der Waals surface area contributed by atoms with Crippen molar-refractivity contribution in [3.8, 4) is 0 Å². The van der Waals surface area contributed by atoms with E-state index in [4.69, 9.17) is 9.47 Å². The second-order valence-electron chi connectivity index (χ2n) is 7.89. The number of nitrogens with one attached hydrogen (secondary N) is 1. The Morgan fingerprint density at radius 3 is 2.00 bits per heavy atom. The molecule has 180 valence electrons. The lowest BCUT2D eigenvalue weighted by molar-refractivity contribution is -0.181. The summed E-state index contributed by atoms with van der Waals surface area (Å²) < 4.78 is 10.8. The van der Waals surface area contributed by atoms with Gasteiger partial charge in [0.05, 0.1) is 43.9 Å². The second kappa shape index (κ2) is 12.0. The molecule has 0 aliphatic carbocycles. The summed E-state index contributed by atoms with van der Waals surface area (Å²) in [5, 5.41) is 30.9. The first kappa shape index (κ1) is 25.8. The summed E-state index contributed by atoms with van der Waals surface area (Å²) >= 11 is 0. The van der Waals surface area contributed by atoms with Gasteiger partial charge in [0.1, 0.15) is 6.61 Å². The standard InChI is InChI=1S/C22H27NO10/c1-12(24)32-11-17-14(8-19(26)27)15(9-20(28)29)22(16(33-17)10-21(30)31)23-18(25)7-13-5-3-2-4-6-13/h2-6,14-17,22H,7-11H2,1H3,(H,23,25)(H,26,27)(H,28,29)(H,30,31)/t14-,15+,16-,17-,22+/m0/s1. The molecule has 1 fully saturated rings. The van der Waals surface area contributed by atoms with Crippen molar-refractivity contribution in [1.29, 1.82) is 0 Å². The van der Waals surface area contributed by atoms with Crippen molar-refractivity contribution in [3.63, 3.8) is 0 Å². The van der Waals surface area contributed by atoms with Gasteiger partial charge in [-0.2, -0.15) is 0 Å². The molecule has 1 aliphatic rings. The molecule has 0 aromatic heterocycles. The number of benzene rings is 1. The van der Waals surface area contributed by atoms with Gasteiger partial charge in [-0.15, -0.1) is 0 Å². The predicted molar refractivity (Wildman–Crippen MR) is 111 cm³/mol. The van der Waals surface area contributed by atoms with Crippen LogP contribution < -0.4 is 5.32 Å². The minimum Gasteiger partial charge on any atom is -0.481 e. The maximum atomic E-state index is 12.7. The zero-order chi connectivity index (χ0) is 24.5. The van der Waals surface area contributed by atoms with Gasteiger partial charge in [0.25, 0.3) is 0 Å². The van der Waals surface area contributed by atoms with Crippen molar-refractivity contribution in [1.82, 2.24) is 5.32 Å². The van der Waals surface area contributed by atoms with E-state index >= 15 is 0 Å². The summed E-state index contributed by atoms with van der Waals surface area (Å²) in [6.45, 7) is 0.773. The van der Waals surface area contributed by atoms with Gasteiger partial charge in [-0.1, -0.05) is 30.3 Å². The van der Waals surface area contributed by atoms with E-state index in [2.05, 4.69) is 5.32 Å². The van der Waals surface area contributed by atoms with E-state index in [9.17, 15) is 39.3 Å². The molecule has 1 aliphatic heterocycles. The topological polar surface area (TPSA) is 177 Å². The molecule has 11 heteroatoms. The van der Waals surface area contributed by atoms with Crippen LogP contribution in [0.15, 0.2) is 30.3 Å². The van der Waals surface area contributed by atoms with Crippen LogP contribution in [0.4, 0.5) is 0 Å². The van der Waals surface area contributed by atoms with Gasteiger partial charge < -0.3 is 30.1 Å². The van der Waals surface area contributed by atoms with Crippen molar-refractivity contribution in [3.05, 3.63) is 35.9 Å². The van der Waals surface area contributed by atoms with E-state index in [-0.39, 0.29) is 13.0 Å². The lowest BCUT2D eigenvalue weighted by atomic mass is 9.73. The highest BCUT2D eigenvalue weighted by molar-refractivity contribution is 5.79. The number of carbonyl (C=O) groups is 5. The molecule has 0 radical (unpaired) electrons. The van der Waals surface area contributed by atoms with Crippen LogP contribution in [0.3, 0.4) is 0 Å². The van der Waals surface area contributed by atoms with Crippen LogP contribution in [0, 0.1) is 11.8 Å².